The van der Waals surface area contributed by atoms with Crippen molar-refractivity contribution in [3.63, 3.8) is 0 Å². The Kier molecular flexibility index (Phi) is 3.97. The SMILES string of the molecule is O=C(NC1CC(c2nnc(C3CCO3)o2)C1)c1cc(-c2ccccc2)no1. The first-order chi connectivity index (χ1) is 13.3. The molecule has 2 aliphatic rings. The lowest BCUT2D eigenvalue weighted by Gasteiger charge is -2.33. The normalized spacial score (nSPS) is 24.1. The summed E-state index contributed by atoms with van der Waals surface area (Å²) in [5, 5.41) is 15.1. The van der Waals surface area contributed by atoms with Gasteiger partial charge >= 0.3 is 0 Å². The molecule has 1 saturated heterocycles. The van der Waals surface area contributed by atoms with E-state index >= 15 is 0 Å². The van der Waals surface area contributed by atoms with Gasteiger partial charge in [0.15, 0.2) is 0 Å². The predicted octanol–water partition coefficient (Wildman–Crippen LogP) is 2.86. The Hall–Kier alpha value is -3.00. The summed E-state index contributed by atoms with van der Waals surface area (Å²) >= 11 is 0. The number of benzene rings is 1. The van der Waals surface area contributed by atoms with Crippen LogP contribution in [0.4, 0.5) is 0 Å². The highest BCUT2D eigenvalue weighted by Crippen LogP contribution is 2.38. The Labute approximate surface area is 154 Å². The van der Waals surface area contributed by atoms with E-state index in [-0.39, 0.29) is 29.7 Å². The maximum Gasteiger partial charge on any atom is 0.290 e. The van der Waals surface area contributed by atoms with Crippen LogP contribution in [0.5, 0.6) is 0 Å². The quantitative estimate of drug-likeness (QED) is 0.740. The molecule has 1 aromatic carbocycles. The average Bonchev–Trinajstić information content (AvgIpc) is 3.27. The van der Waals surface area contributed by atoms with Crippen LogP contribution in [0.25, 0.3) is 11.3 Å². The third-order valence-electron chi connectivity index (χ3n) is 5.06. The van der Waals surface area contributed by atoms with E-state index in [9.17, 15) is 4.79 Å². The number of rotatable bonds is 5. The van der Waals surface area contributed by atoms with Crippen LogP contribution in [0.1, 0.15) is 53.6 Å². The minimum absolute atomic E-state index is 0.0490. The second kappa shape index (κ2) is 6.62. The van der Waals surface area contributed by atoms with Gasteiger partial charge in [-0.2, -0.15) is 0 Å². The monoisotopic (exact) mass is 366 g/mol. The minimum atomic E-state index is -0.262. The van der Waals surface area contributed by atoms with Crippen LogP contribution >= 0.6 is 0 Å². The van der Waals surface area contributed by atoms with Gasteiger partial charge in [-0.1, -0.05) is 35.5 Å². The number of aromatic nitrogens is 3. The summed E-state index contributed by atoms with van der Waals surface area (Å²) in [5.74, 6) is 1.30. The summed E-state index contributed by atoms with van der Waals surface area (Å²) in [6.45, 7) is 0.744. The Balaban J connectivity index is 1.16. The highest BCUT2D eigenvalue weighted by atomic mass is 16.5. The van der Waals surface area contributed by atoms with Gasteiger partial charge in [0.2, 0.25) is 17.5 Å². The van der Waals surface area contributed by atoms with E-state index in [1.807, 2.05) is 30.3 Å². The fraction of sp³-hybridized carbons (Fsp3) is 0.368. The largest absolute Gasteiger partial charge is 0.422 e. The summed E-state index contributed by atoms with van der Waals surface area (Å²) in [7, 11) is 0. The molecule has 1 unspecified atom stereocenters. The van der Waals surface area contributed by atoms with Crippen molar-refractivity contribution in [2.24, 2.45) is 0 Å². The maximum absolute atomic E-state index is 12.4. The molecule has 0 bridgehead atoms. The lowest BCUT2D eigenvalue weighted by atomic mass is 9.80. The molecule has 3 aromatic rings. The van der Waals surface area contributed by atoms with Gasteiger partial charge in [0.1, 0.15) is 11.8 Å². The molecule has 1 saturated carbocycles. The second-order valence-corrected chi connectivity index (χ2v) is 6.91. The molecule has 3 heterocycles. The van der Waals surface area contributed by atoms with Crippen molar-refractivity contribution < 1.29 is 18.5 Å². The Morgan fingerprint density at radius 3 is 2.63 bits per heavy atom. The fourth-order valence-corrected chi connectivity index (χ4v) is 3.29. The highest BCUT2D eigenvalue weighted by Gasteiger charge is 2.37. The van der Waals surface area contributed by atoms with Crippen molar-refractivity contribution in [2.75, 3.05) is 6.61 Å². The molecule has 5 rings (SSSR count). The van der Waals surface area contributed by atoms with Crippen molar-refractivity contribution in [1.82, 2.24) is 20.7 Å². The molecule has 2 aromatic heterocycles. The number of nitrogens with zero attached hydrogens (tertiary/aromatic N) is 3. The molecule has 138 valence electrons. The molecule has 1 aliphatic heterocycles. The zero-order valence-corrected chi connectivity index (χ0v) is 14.5. The van der Waals surface area contributed by atoms with Gasteiger partial charge in [-0.15, -0.1) is 10.2 Å². The number of amides is 1. The zero-order chi connectivity index (χ0) is 18.2. The van der Waals surface area contributed by atoms with E-state index in [2.05, 4.69) is 20.7 Å². The summed E-state index contributed by atoms with van der Waals surface area (Å²) in [6.07, 6.45) is 2.40. The van der Waals surface area contributed by atoms with E-state index in [1.54, 1.807) is 6.07 Å². The summed E-state index contributed by atoms with van der Waals surface area (Å²) in [6, 6.07) is 11.3. The first-order valence-electron chi connectivity index (χ1n) is 9.04. The number of ether oxygens (including phenoxy) is 1. The lowest BCUT2D eigenvalue weighted by molar-refractivity contribution is -0.0684. The van der Waals surface area contributed by atoms with E-state index in [0.717, 1.165) is 31.4 Å². The molecule has 8 nitrogen and oxygen atoms in total. The molecule has 0 spiro atoms. The van der Waals surface area contributed by atoms with Gasteiger partial charge in [0, 0.05) is 30.0 Å². The molecule has 27 heavy (non-hydrogen) atoms. The molecular formula is C19H18N4O4. The third-order valence-corrected chi connectivity index (χ3v) is 5.06. The number of hydrogen-bond donors (Lipinski definition) is 1. The third kappa shape index (κ3) is 3.12. The minimum Gasteiger partial charge on any atom is -0.422 e. The number of nitrogens with one attached hydrogen (secondary N) is 1. The van der Waals surface area contributed by atoms with Crippen LogP contribution < -0.4 is 5.32 Å². The molecule has 2 fully saturated rings. The molecular weight excluding hydrogens is 348 g/mol. The van der Waals surface area contributed by atoms with E-state index in [0.29, 0.717) is 17.5 Å². The van der Waals surface area contributed by atoms with E-state index in [1.165, 1.54) is 0 Å². The average molecular weight is 366 g/mol. The van der Waals surface area contributed by atoms with Gasteiger partial charge in [-0.25, -0.2) is 0 Å². The molecule has 1 atom stereocenters. The topological polar surface area (TPSA) is 103 Å². The maximum atomic E-state index is 12.4. The van der Waals surface area contributed by atoms with Crippen LogP contribution in [-0.2, 0) is 4.74 Å². The fourth-order valence-electron chi connectivity index (χ4n) is 3.29. The van der Waals surface area contributed by atoms with Crippen molar-refractivity contribution in [1.29, 1.82) is 0 Å². The van der Waals surface area contributed by atoms with Gasteiger partial charge in [-0.05, 0) is 12.8 Å². The Morgan fingerprint density at radius 1 is 1.11 bits per heavy atom. The standard InChI is InChI=1S/C19H18N4O4/c24-17(16-10-14(23-27-16)11-4-2-1-3-5-11)20-13-8-12(9-13)18-21-22-19(26-18)15-6-7-25-15/h1-5,10,12-13,15H,6-9H2,(H,20,24). The Bertz CT molecular complexity index is 942. The van der Waals surface area contributed by atoms with Crippen LogP contribution in [0.3, 0.4) is 0 Å². The smallest absolute Gasteiger partial charge is 0.290 e. The first-order valence-corrected chi connectivity index (χ1v) is 9.04. The van der Waals surface area contributed by atoms with E-state index < -0.39 is 0 Å². The van der Waals surface area contributed by atoms with Crippen LogP contribution in [0.15, 0.2) is 45.3 Å². The zero-order valence-electron chi connectivity index (χ0n) is 14.5. The van der Waals surface area contributed by atoms with Gasteiger partial charge in [0.25, 0.3) is 5.91 Å². The number of carbonyl (C=O) groups excluding carboxylic acids is 1. The van der Waals surface area contributed by atoms with Crippen LogP contribution in [0, 0.1) is 0 Å². The number of hydrogen-bond acceptors (Lipinski definition) is 7. The van der Waals surface area contributed by atoms with Crippen molar-refractivity contribution >= 4 is 5.91 Å². The van der Waals surface area contributed by atoms with Crippen molar-refractivity contribution in [3.05, 3.63) is 53.9 Å². The molecule has 0 radical (unpaired) electrons. The molecule has 8 heteroatoms. The summed E-state index contributed by atoms with van der Waals surface area (Å²) < 4.78 is 16.2. The predicted molar refractivity (Wildman–Crippen MR) is 92.8 cm³/mol. The summed E-state index contributed by atoms with van der Waals surface area (Å²) in [5.41, 5.74) is 1.55. The first kappa shape index (κ1) is 16.2. The highest BCUT2D eigenvalue weighted by molar-refractivity contribution is 5.92. The summed E-state index contributed by atoms with van der Waals surface area (Å²) in [4.78, 5) is 12.4. The van der Waals surface area contributed by atoms with Gasteiger partial charge < -0.3 is 19.0 Å². The second-order valence-electron chi connectivity index (χ2n) is 6.91. The van der Waals surface area contributed by atoms with Crippen LogP contribution in [0.2, 0.25) is 0 Å². The molecule has 1 N–H and O–H groups in total. The number of carbonyl (C=O) groups is 1. The molecule has 1 aliphatic carbocycles. The van der Waals surface area contributed by atoms with Gasteiger partial charge in [0.05, 0.1) is 6.61 Å². The van der Waals surface area contributed by atoms with Crippen LogP contribution in [-0.4, -0.2) is 33.9 Å². The lowest BCUT2D eigenvalue weighted by Crippen LogP contribution is -2.43. The van der Waals surface area contributed by atoms with Crippen molar-refractivity contribution in [2.45, 2.75) is 37.3 Å². The molecule has 1 amide bonds. The van der Waals surface area contributed by atoms with Crippen molar-refractivity contribution in [3.8, 4) is 11.3 Å². The van der Waals surface area contributed by atoms with E-state index in [4.69, 9.17) is 13.7 Å². The Morgan fingerprint density at radius 2 is 1.89 bits per heavy atom. The van der Waals surface area contributed by atoms with Gasteiger partial charge in [-0.3, -0.25) is 4.79 Å².